The van der Waals surface area contributed by atoms with Crippen LogP contribution in [0.4, 0.5) is 11.5 Å². The van der Waals surface area contributed by atoms with Crippen molar-refractivity contribution in [2.24, 2.45) is 0 Å². The Hall–Kier alpha value is -5.11. The summed E-state index contributed by atoms with van der Waals surface area (Å²) in [5.41, 5.74) is 11.7. The minimum absolute atomic E-state index is 0.000919. The lowest BCUT2D eigenvalue weighted by molar-refractivity contribution is 0.0558. The van der Waals surface area contributed by atoms with Gasteiger partial charge in [-0.2, -0.15) is 10.2 Å². The van der Waals surface area contributed by atoms with Crippen LogP contribution in [0.25, 0.3) is 32.9 Å². The number of aromatic amines is 1. The Morgan fingerprint density at radius 2 is 1.82 bits per heavy atom. The molecule has 1 amide bonds. The van der Waals surface area contributed by atoms with E-state index in [9.17, 15) is 4.79 Å². The van der Waals surface area contributed by atoms with E-state index in [0.717, 1.165) is 35.2 Å². The molecule has 0 aliphatic carbocycles. The molecule has 2 aliphatic rings. The molecule has 0 spiro atoms. The lowest BCUT2D eigenvalue weighted by atomic mass is 9.87. The summed E-state index contributed by atoms with van der Waals surface area (Å²) >= 11 is 0. The predicted molar refractivity (Wildman–Crippen MR) is 144 cm³/mol. The summed E-state index contributed by atoms with van der Waals surface area (Å²) in [6.07, 6.45) is 8.11. The quantitative estimate of drug-likeness (QED) is 0.341. The second-order valence-corrected chi connectivity index (χ2v) is 10.0. The molecule has 0 radical (unpaired) electrons. The fourth-order valence-electron chi connectivity index (χ4n) is 6.12. The molecule has 2 unspecified atom stereocenters. The van der Waals surface area contributed by atoms with Crippen LogP contribution in [0.5, 0.6) is 0 Å². The van der Waals surface area contributed by atoms with E-state index in [1.54, 1.807) is 6.20 Å². The van der Waals surface area contributed by atoms with Crippen molar-refractivity contribution in [1.82, 2.24) is 39.7 Å². The fourth-order valence-corrected chi connectivity index (χ4v) is 6.12. The number of benzene rings is 1. The Morgan fingerprint density at radius 1 is 1.03 bits per heavy atom. The topological polar surface area (TPSA) is 135 Å². The molecule has 5 aromatic rings. The van der Waals surface area contributed by atoms with Crippen molar-refractivity contribution in [2.45, 2.75) is 43.7 Å². The molecule has 2 aliphatic heterocycles. The fraction of sp³-hybridized carbons (Fsp3) is 0.250. The smallest absolute Gasteiger partial charge is 0.291 e. The van der Waals surface area contributed by atoms with Gasteiger partial charge in [0.1, 0.15) is 12.1 Å². The van der Waals surface area contributed by atoms with Crippen LogP contribution in [0, 0.1) is 6.57 Å². The second-order valence-electron chi connectivity index (χ2n) is 10.0. The molecule has 1 aromatic carbocycles. The number of aromatic nitrogens is 7. The molecule has 2 bridgehead atoms. The number of carbonyl (C=O) groups excluding carboxylic acids is 1. The molecule has 4 aromatic heterocycles. The predicted octanol–water partition coefficient (Wildman–Crippen LogP) is 4.26. The van der Waals surface area contributed by atoms with Crippen molar-refractivity contribution in [1.29, 1.82) is 0 Å². The molecule has 2 saturated heterocycles. The molecular weight excluding hydrogens is 492 g/mol. The summed E-state index contributed by atoms with van der Waals surface area (Å²) in [5.74, 6) is 0.403. The van der Waals surface area contributed by atoms with Crippen LogP contribution >= 0.6 is 0 Å². The number of nitrogens with zero attached hydrogens (tertiary/aromatic N) is 8. The third-order valence-corrected chi connectivity index (χ3v) is 7.91. The summed E-state index contributed by atoms with van der Waals surface area (Å²) in [6.45, 7) is 7.88. The van der Waals surface area contributed by atoms with Gasteiger partial charge in [-0.25, -0.2) is 19.3 Å². The van der Waals surface area contributed by atoms with E-state index in [1.165, 1.54) is 10.8 Å². The summed E-state index contributed by atoms with van der Waals surface area (Å²) in [4.78, 5) is 32.5. The van der Waals surface area contributed by atoms with Gasteiger partial charge in [0.15, 0.2) is 5.65 Å². The molecule has 11 heteroatoms. The highest BCUT2D eigenvalue weighted by Crippen LogP contribution is 2.46. The number of amides is 1. The standard InChI is InChI=1S/C28H24N10O/c1-30-24-23(18-11-19-8-9-20(12-18)37(19)28(39)26-32-15-33-36-26)35-27-21(14-34-38(27)25(24)29)17-7-10-22(31-13-17)16-5-3-2-4-6-16/h2-7,10,13-15,18-20H,8-9,11-12,29H2,(H,32,33,36). The summed E-state index contributed by atoms with van der Waals surface area (Å²) < 4.78 is 1.54. The SMILES string of the molecule is [C-]#[N+]c1c(C2CC3CCC(C2)N3C(=O)c2ncn[nH]2)nc2c(-c3ccc(-c4ccccc4)nc3)cnn2c1N. The minimum atomic E-state index is -0.128. The van der Waals surface area contributed by atoms with Crippen LogP contribution in [0.1, 0.15) is 47.9 Å². The van der Waals surface area contributed by atoms with Gasteiger partial charge in [-0.1, -0.05) is 36.4 Å². The Morgan fingerprint density at radius 3 is 2.49 bits per heavy atom. The molecule has 7 rings (SSSR count). The van der Waals surface area contributed by atoms with Crippen molar-refractivity contribution in [3.8, 4) is 22.4 Å². The Labute approximate surface area is 223 Å². The normalized spacial score (nSPS) is 20.3. The number of anilines is 1. The number of fused-ring (bicyclic) bond motifs is 3. The second kappa shape index (κ2) is 9.02. The Bertz CT molecular complexity index is 1710. The molecule has 2 fully saturated rings. The number of hydrogen-bond donors (Lipinski definition) is 2. The number of rotatable bonds is 4. The third kappa shape index (κ3) is 3.72. The first kappa shape index (κ1) is 23.0. The lowest BCUT2D eigenvalue weighted by Crippen LogP contribution is -2.46. The van der Waals surface area contributed by atoms with E-state index in [-0.39, 0.29) is 35.6 Å². The van der Waals surface area contributed by atoms with E-state index in [4.69, 9.17) is 17.3 Å². The van der Waals surface area contributed by atoms with E-state index in [0.29, 0.717) is 29.9 Å². The molecule has 192 valence electrons. The largest absolute Gasteiger partial charge is 0.392 e. The van der Waals surface area contributed by atoms with Gasteiger partial charge in [0.2, 0.25) is 11.5 Å². The molecular formula is C28H24N10O. The number of H-pyrrole nitrogens is 1. The zero-order valence-electron chi connectivity index (χ0n) is 20.9. The number of nitrogens with one attached hydrogen (secondary N) is 1. The average molecular weight is 517 g/mol. The summed E-state index contributed by atoms with van der Waals surface area (Å²) in [5, 5.41) is 11.0. The van der Waals surface area contributed by atoms with Crippen LogP contribution in [-0.4, -0.2) is 57.7 Å². The first-order valence-corrected chi connectivity index (χ1v) is 12.9. The Balaban J connectivity index is 1.24. The van der Waals surface area contributed by atoms with Crippen molar-refractivity contribution in [3.63, 3.8) is 0 Å². The minimum Gasteiger partial charge on any atom is -0.392 e. The highest BCUT2D eigenvalue weighted by Gasteiger charge is 2.45. The zero-order chi connectivity index (χ0) is 26.5. The van der Waals surface area contributed by atoms with Gasteiger partial charge in [0.25, 0.3) is 5.91 Å². The number of hydrogen-bond acceptors (Lipinski definition) is 7. The van der Waals surface area contributed by atoms with Gasteiger partial charge in [-0.15, -0.1) is 0 Å². The van der Waals surface area contributed by atoms with Crippen molar-refractivity contribution in [2.75, 3.05) is 5.73 Å². The van der Waals surface area contributed by atoms with E-state index < -0.39 is 0 Å². The van der Waals surface area contributed by atoms with Crippen LogP contribution in [0.2, 0.25) is 0 Å². The van der Waals surface area contributed by atoms with E-state index in [1.807, 2.05) is 53.6 Å². The van der Waals surface area contributed by atoms with Crippen molar-refractivity contribution < 1.29 is 4.79 Å². The Kier molecular flexibility index (Phi) is 5.33. The summed E-state index contributed by atoms with van der Waals surface area (Å²) in [7, 11) is 0. The van der Waals surface area contributed by atoms with Gasteiger partial charge in [-0.05, 0) is 37.7 Å². The van der Waals surface area contributed by atoms with Crippen molar-refractivity contribution in [3.05, 3.63) is 84.1 Å². The van der Waals surface area contributed by atoms with Crippen LogP contribution in [0.15, 0.2) is 61.2 Å². The number of carbonyl (C=O) groups is 1. The molecule has 39 heavy (non-hydrogen) atoms. The molecule has 0 saturated carbocycles. The highest BCUT2D eigenvalue weighted by molar-refractivity contribution is 5.91. The number of nitrogen functional groups attached to an aromatic ring is 1. The maximum absolute atomic E-state index is 13.1. The highest BCUT2D eigenvalue weighted by atomic mass is 16.2. The van der Waals surface area contributed by atoms with Gasteiger partial charge >= 0.3 is 0 Å². The van der Waals surface area contributed by atoms with Crippen LogP contribution in [0.3, 0.4) is 0 Å². The lowest BCUT2D eigenvalue weighted by Gasteiger charge is -2.38. The zero-order valence-corrected chi connectivity index (χ0v) is 20.9. The third-order valence-electron chi connectivity index (χ3n) is 7.91. The maximum atomic E-state index is 13.1. The van der Waals surface area contributed by atoms with Crippen LogP contribution < -0.4 is 5.73 Å². The molecule has 2 atom stereocenters. The number of piperidine rings is 1. The average Bonchev–Trinajstić information content (AvgIpc) is 3.72. The van der Waals surface area contributed by atoms with Gasteiger partial charge in [0.05, 0.1) is 24.2 Å². The first-order valence-electron chi connectivity index (χ1n) is 12.9. The van der Waals surface area contributed by atoms with Gasteiger partial charge < -0.3 is 10.6 Å². The number of nitrogens with two attached hydrogens (primary N) is 1. The van der Waals surface area contributed by atoms with Crippen LogP contribution in [-0.2, 0) is 0 Å². The van der Waals surface area contributed by atoms with Crippen molar-refractivity contribution >= 4 is 23.1 Å². The maximum Gasteiger partial charge on any atom is 0.291 e. The first-order chi connectivity index (χ1) is 19.1. The van der Waals surface area contributed by atoms with Gasteiger partial charge in [-0.3, -0.25) is 14.9 Å². The van der Waals surface area contributed by atoms with E-state index in [2.05, 4.69) is 30.1 Å². The number of pyridine rings is 1. The molecule has 6 heterocycles. The summed E-state index contributed by atoms with van der Waals surface area (Å²) in [6, 6.07) is 14.1. The molecule has 3 N–H and O–H groups in total. The monoisotopic (exact) mass is 516 g/mol. The van der Waals surface area contributed by atoms with E-state index >= 15 is 0 Å². The molecule has 11 nitrogen and oxygen atoms in total. The van der Waals surface area contributed by atoms with Gasteiger partial charge in [0, 0.05) is 35.0 Å².